The topological polar surface area (TPSA) is 77.5 Å². The molecule has 0 aliphatic carbocycles. The normalized spacial score (nSPS) is 15.2. The lowest BCUT2D eigenvalue weighted by Gasteiger charge is -2.26. The molecule has 0 saturated heterocycles. The highest BCUT2D eigenvalue weighted by molar-refractivity contribution is 7.09. The van der Waals surface area contributed by atoms with E-state index < -0.39 is 0 Å². The summed E-state index contributed by atoms with van der Waals surface area (Å²) in [4.78, 5) is 28.6. The Morgan fingerprint density at radius 2 is 2.33 bits per heavy atom. The number of hydrogen-bond acceptors (Lipinski definition) is 6. The first-order valence-electron chi connectivity index (χ1n) is 9.14. The predicted molar refractivity (Wildman–Crippen MR) is 104 cm³/mol. The molecule has 0 saturated carbocycles. The number of hydrogen-bond donors (Lipinski definition) is 1. The highest BCUT2D eigenvalue weighted by atomic mass is 32.1. The molecule has 1 radical (unpaired) electrons. The highest BCUT2D eigenvalue weighted by Gasteiger charge is 2.27. The molecule has 2 heterocycles. The number of aromatic nitrogens is 1. The molecular formula is C19H22BN2O4S. The minimum Gasteiger partial charge on any atom is -0.560 e. The van der Waals surface area contributed by atoms with Gasteiger partial charge in [-0.25, -0.2) is 9.78 Å². The van der Waals surface area contributed by atoms with Crippen molar-refractivity contribution < 1.29 is 19.0 Å². The number of thiazole rings is 1. The Morgan fingerprint density at radius 3 is 3.11 bits per heavy atom. The van der Waals surface area contributed by atoms with Gasteiger partial charge >= 0.3 is 13.5 Å². The van der Waals surface area contributed by atoms with Crippen LogP contribution in [-0.4, -0.2) is 36.9 Å². The van der Waals surface area contributed by atoms with Gasteiger partial charge in [0.05, 0.1) is 11.6 Å². The number of rotatable bonds is 8. The number of esters is 1. The van der Waals surface area contributed by atoms with Gasteiger partial charge in [-0.2, -0.15) is 0 Å². The van der Waals surface area contributed by atoms with Crippen molar-refractivity contribution in [3.63, 3.8) is 0 Å². The zero-order valence-electron chi connectivity index (χ0n) is 15.3. The van der Waals surface area contributed by atoms with Crippen molar-refractivity contribution in [2.75, 3.05) is 6.61 Å². The van der Waals surface area contributed by atoms with E-state index in [0.717, 1.165) is 23.4 Å². The van der Waals surface area contributed by atoms with Gasteiger partial charge < -0.3 is 14.7 Å². The minimum atomic E-state index is -0.375. The van der Waals surface area contributed by atoms with Crippen molar-refractivity contribution in [1.82, 2.24) is 10.3 Å². The average molecular weight is 385 g/mol. The SMILES string of the molecule is CCCCOC(=O)c1cccc2c1O[B]C(NC(=O)CCc1nccs1)C2. The molecule has 0 fully saturated rings. The fourth-order valence-electron chi connectivity index (χ4n) is 2.83. The van der Waals surface area contributed by atoms with Gasteiger partial charge in [0.2, 0.25) is 5.91 Å². The van der Waals surface area contributed by atoms with E-state index in [1.54, 1.807) is 31.1 Å². The van der Waals surface area contributed by atoms with Gasteiger partial charge in [0.15, 0.2) is 0 Å². The number of amides is 1. The van der Waals surface area contributed by atoms with Crippen molar-refractivity contribution in [3.05, 3.63) is 45.9 Å². The van der Waals surface area contributed by atoms with E-state index in [-0.39, 0.29) is 17.8 Å². The molecule has 1 aromatic heterocycles. The summed E-state index contributed by atoms with van der Waals surface area (Å²) in [5, 5.41) is 5.80. The molecular weight excluding hydrogens is 363 g/mol. The van der Waals surface area contributed by atoms with Crippen molar-refractivity contribution >= 4 is 30.7 Å². The maximum Gasteiger partial charge on any atom is 0.394 e. The van der Waals surface area contributed by atoms with Crippen molar-refractivity contribution in [1.29, 1.82) is 0 Å². The number of fused-ring (bicyclic) bond motifs is 1. The van der Waals surface area contributed by atoms with Crippen LogP contribution in [0.4, 0.5) is 0 Å². The van der Waals surface area contributed by atoms with Crippen LogP contribution in [0.5, 0.6) is 5.75 Å². The van der Waals surface area contributed by atoms with Gasteiger partial charge in [-0.1, -0.05) is 25.5 Å². The molecule has 1 aliphatic rings. The zero-order chi connectivity index (χ0) is 19.1. The Bertz CT molecular complexity index is 782. The third-order valence-electron chi connectivity index (χ3n) is 4.23. The smallest absolute Gasteiger partial charge is 0.394 e. The molecule has 0 spiro atoms. The molecule has 141 valence electrons. The van der Waals surface area contributed by atoms with Gasteiger partial charge in [0.25, 0.3) is 0 Å². The Balaban J connectivity index is 1.55. The molecule has 1 unspecified atom stereocenters. The molecule has 0 bridgehead atoms. The van der Waals surface area contributed by atoms with Crippen LogP contribution in [0.3, 0.4) is 0 Å². The van der Waals surface area contributed by atoms with Crippen molar-refractivity contribution in [2.24, 2.45) is 0 Å². The molecule has 1 aromatic carbocycles. The number of nitrogens with one attached hydrogen (secondary N) is 1. The molecule has 8 heteroatoms. The van der Waals surface area contributed by atoms with Crippen LogP contribution in [0.25, 0.3) is 0 Å². The van der Waals surface area contributed by atoms with Crippen LogP contribution >= 0.6 is 11.3 Å². The number of aryl methyl sites for hydroxylation is 1. The molecule has 6 nitrogen and oxygen atoms in total. The second kappa shape index (κ2) is 9.55. The lowest BCUT2D eigenvalue weighted by atomic mass is 9.79. The molecule has 1 N–H and O–H groups in total. The number of unbranched alkanes of at least 4 members (excludes halogenated alkanes) is 1. The monoisotopic (exact) mass is 385 g/mol. The number of para-hydroxylation sites is 1. The van der Waals surface area contributed by atoms with Gasteiger partial charge in [-0.15, -0.1) is 11.3 Å². The van der Waals surface area contributed by atoms with E-state index in [1.807, 2.05) is 24.4 Å². The third-order valence-corrected chi connectivity index (χ3v) is 5.07. The number of carbonyl (C=O) groups is 2. The summed E-state index contributed by atoms with van der Waals surface area (Å²) < 4.78 is 11.0. The van der Waals surface area contributed by atoms with Gasteiger partial charge in [-0.3, -0.25) is 4.79 Å². The minimum absolute atomic E-state index is 0.0476. The lowest BCUT2D eigenvalue weighted by molar-refractivity contribution is -0.121. The average Bonchev–Trinajstić information content (AvgIpc) is 3.19. The Labute approximate surface area is 163 Å². The fourth-order valence-corrected chi connectivity index (χ4v) is 3.45. The molecule has 27 heavy (non-hydrogen) atoms. The van der Waals surface area contributed by atoms with E-state index in [9.17, 15) is 9.59 Å². The Morgan fingerprint density at radius 1 is 1.44 bits per heavy atom. The maximum absolute atomic E-state index is 12.3. The van der Waals surface area contributed by atoms with E-state index >= 15 is 0 Å². The summed E-state index contributed by atoms with van der Waals surface area (Å²) in [6.45, 7) is 2.45. The molecule has 1 aliphatic heterocycles. The quantitative estimate of drug-likeness (QED) is 0.430. The Hall–Kier alpha value is -2.35. The number of carbonyl (C=O) groups excluding carboxylic acids is 2. The summed E-state index contributed by atoms with van der Waals surface area (Å²) in [6.07, 6.45) is 5.13. The summed E-state index contributed by atoms with van der Waals surface area (Å²) in [5.74, 6) is -0.131. The molecule has 2 aromatic rings. The van der Waals surface area contributed by atoms with Crippen LogP contribution in [0.2, 0.25) is 0 Å². The molecule has 3 rings (SSSR count). The van der Waals surface area contributed by atoms with E-state index in [1.165, 1.54) is 0 Å². The number of ether oxygens (including phenoxy) is 1. The second-order valence-corrected chi connectivity index (χ2v) is 7.32. The van der Waals surface area contributed by atoms with Gasteiger partial charge in [0.1, 0.15) is 11.3 Å². The lowest BCUT2D eigenvalue weighted by Crippen LogP contribution is -2.45. The fraction of sp³-hybridized carbons (Fsp3) is 0.421. The number of nitrogens with zero attached hydrogens (tertiary/aromatic N) is 1. The summed E-state index contributed by atoms with van der Waals surface area (Å²) in [7, 11) is 1.58. The van der Waals surface area contributed by atoms with Crippen LogP contribution in [0.1, 0.15) is 47.1 Å². The van der Waals surface area contributed by atoms with Crippen LogP contribution in [-0.2, 0) is 22.4 Å². The largest absolute Gasteiger partial charge is 0.560 e. The zero-order valence-corrected chi connectivity index (χ0v) is 16.1. The van der Waals surface area contributed by atoms with E-state index in [4.69, 9.17) is 9.39 Å². The summed E-state index contributed by atoms with van der Waals surface area (Å²) in [5.41, 5.74) is 1.31. The first-order valence-corrected chi connectivity index (χ1v) is 10.0. The van der Waals surface area contributed by atoms with E-state index in [0.29, 0.717) is 37.2 Å². The summed E-state index contributed by atoms with van der Waals surface area (Å²) >= 11 is 1.55. The van der Waals surface area contributed by atoms with Crippen molar-refractivity contribution in [3.8, 4) is 5.75 Å². The van der Waals surface area contributed by atoms with Crippen LogP contribution in [0.15, 0.2) is 29.8 Å². The molecule has 1 atom stereocenters. The van der Waals surface area contributed by atoms with Crippen LogP contribution in [0, 0.1) is 0 Å². The van der Waals surface area contributed by atoms with Crippen molar-refractivity contribution in [2.45, 2.75) is 45.0 Å². The van der Waals surface area contributed by atoms with Gasteiger partial charge in [-0.05, 0) is 24.5 Å². The molecule has 1 amide bonds. The Kier molecular flexibility index (Phi) is 6.87. The third kappa shape index (κ3) is 5.32. The summed E-state index contributed by atoms with van der Waals surface area (Å²) in [6, 6.07) is 5.42. The van der Waals surface area contributed by atoms with Gasteiger partial charge in [0, 0.05) is 30.4 Å². The number of benzene rings is 1. The van der Waals surface area contributed by atoms with Crippen LogP contribution < -0.4 is 9.97 Å². The second-order valence-electron chi connectivity index (χ2n) is 6.34. The first-order chi connectivity index (χ1) is 13.2. The highest BCUT2D eigenvalue weighted by Crippen LogP contribution is 2.29. The van der Waals surface area contributed by atoms with E-state index in [2.05, 4.69) is 10.3 Å². The maximum atomic E-state index is 12.3. The predicted octanol–water partition coefficient (Wildman–Crippen LogP) is 2.73. The standard InChI is InChI=1S/C19H22BN2O4S/c1-2-3-10-25-19(24)14-6-4-5-13-12-15(20-26-18(13)14)22-16(23)7-8-17-21-9-11-27-17/h4-6,9,11,15H,2-3,7-8,10,12H2,1H3,(H,22,23). The first kappa shape index (κ1) is 19.4.